The molecule has 7 nitrogen and oxygen atoms in total. The number of fused-ring (bicyclic) bond motifs is 6. The molecule has 1 aliphatic heterocycles. The molecule has 0 saturated heterocycles. The number of benzene rings is 3. The van der Waals surface area contributed by atoms with E-state index in [0.29, 0.717) is 28.1 Å². The predicted octanol–water partition coefficient (Wildman–Crippen LogP) is 3.99. The van der Waals surface area contributed by atoms with Crippen molar-refractivity contribution < 1.29 is 9.84 Å². The van der Waals surface area contributed by atoms with E-state index in [1.807, 2.05) is 49.5 Å². The zero-order chi connectivity index (χ0) is 25.0. The minimum atomic E-state index is -1.61. The molecule has 1 unspecified atom stereocenters. The van der Waals surface area contributed by atoms with Gasteiger partial charge in [-0.05, 0) is 58.1 Å². The van der Waals surface area contributed by atoms with E-state index in [2.05, 4.69) is 11.1 Å². The molecule has 7 heteroatoms. The molecule has 36 heavy (non-hydrogen) atoms. The Morgan fingerprint density at radius 2 is 1.86 bits per heavy atom. The highest BCUT2D eigenvalue weighted by Crippen LogP contribution is 2.41. The minimum absolute atomic E-state index is 0.122. The summed E-state index contributed by atoms with van der Waals surface area (Å²) in [6.45, 7) is 0.224. The van der Waals surface area contributed by atoms with Crippen LogP contribution in [0.5, 0.6) is 5.75 Å². The third kappa shape index (κ3) is 3.16. The van der Waals surface area contributed by atoms with Crippen LogP contribution in [0, 0.1) is 11.3 Å². The Morgan fingerprint density at radius 3 is 2.64 bits per heavy atom. The highest BCUT2D eigenvalue weighted by molar-refractivity contribution is 5.95. The van der Waals surface area contributed by atoms with Crippen LogP contribution in [0.4, 0.5) is 0 Å². The van der Waals surface area contributed by atoms with Gasteiger partial charge in [-0.15, -0.1) is 0 Å². The van der Waals surface area contributed by atoms with E-state index >= 15 is 0 Å². The maximum Gasteiger partial charge on any atom is 0.251 e. The first-order valence-corrected chi connectivity index (χ1v) is 11.5. The fourth-order valence-electron chi connectivity index (χ4n) is 5.04. The van der Waals surface area contributed by atoms with Gasteiger partial charge in [0.1, 0.15) is 18.4 Å². The molecule has 0 amide bonds. The first-order valence-electron chi connectivity index (χ1n) is 11.5. The Kier molecular flexibility index (Phi) is 4.82. The zero-order valence-corrected chi connectivity index (χ0v) is 19.8. The van der Waals surface area contributed by atoms with Gasteiger partial charge in [-0.1, -0.05) is 30.3 Å². The summed E-state index contributed by atoms with van der Waals surface area (Å²) >= 11 is 0. The van der Waals surface area contributed by atoms with Gasteiger partial charge in [0.05, 0.1) is 29.3 Å². The number of hydrogen-bond acceptors (Lipinski definition) is 5. The summed E-state index contributed by atoms with van der Waals surface area (Å²) in [5.74, 6) is 0.382. The average Bonchev–Trinajstić information content (AvgIpc) is 3.34. The van der Waals surface area contributed by atoms with Gasteiger partial charge in [0, 0.05) is 25.5 Å². The summed E-state index contributed by atoms with van der Waals surface area (Å²) in [5, 5.41) is 23.0. The topological polar surface area (TPSA) is 93.1 Å². The fourth-order valence-corrected chi connectivity index (χ4v) is 5.04. The largest absolute Gasteiger partial charge is 0.488 e. The monoisotopic (exact) mass is 474 g/mol. The van der Waals surface area contributed by atoms with Crippen LogP contribution in [0.3, 0.4) is 0 Å². The van der Waals surface area contributed by atoms with Crippen LogP contribution in [0.25, 0.3) is 22.0 Å². The summed E-state index contributed by atoms with van der Waals surface area (Å²) in [6.07, 6.45) is 3.27. The molecule has 3 heterocycles. The Morgan fingerprint density at radius 1 is 1.06 bits per heavy atom. The second kappa shape index (κ2) is 7.94. The molecule has 2 aromatic heterocycles. The molecule has 176 valence electrons. The lowest BCUT2D eigenvalue weighted by Gasteiger charge is -2.30. The van der Waals surface area contributed by atoms with Crippen molar-refractivity contribution in [3.05, 3.63) is 118 Å². The third-order valence-corrected chi connectivity index (χ3v) is 7.00. The molecule has 1 aliphatic rings. The number of ether oxygens (including phenoxy) is 1. The van der Waals surface area contributed by atoms with E-state index in [0.717, 1.165) is 27.6 Å². The Hall–Kier alpha value is -4.67. The number of aliphatic hydroxyl groups is 1. The minimum Gasteiger partial charge on any atom is -0.488 e. The van der Waals surface area contributed by atoms with Gasteiger partial charge in [-0.3, -0.25) is 4.79 Å². The van der Waals surface area contributed by atoms with Crippen molar-refractivity contribution in [2.75, 3.05) is 0 Å². The van der Waals surface area contributed by atoms with Crippen LogP contribution in [-0.4, -0.2) is 19.2 Å². The second-order valence-electron chi connectivity index (χ2n) is 9.10. The van der Waals surface area contributed by atoms with Gasteiger partial charge in [-0.25, -0.2) is 4.98 Å². The highest BCUT2D eigenvalue weighted by Gasteiger charge is 2.37. The van der Waals surface area contributed by atoms with Crippen molar-refractivity contribution in [2.24, 2.45) is 14.1 Å². The predicted molar refractivity (Wildman–Crippen MR) is 135 cm³/mol. The van der Waals surface area contributed by atoms with Crippen molar-refractivity contribution in [3.63, 3.8) is 0 Å². The second-order valence-corrected chi connectivity index (χ2v) is 9.10. The van der Waals surface area contributed by atoms with Crippen LogP contribution in [0.15, 0.2) is 84.0 Å². The molecule has 6 bridgehead atoms. The first kappa shape index (κ1) is 21.8. The van der Waals surface area contributed by atoms with E-state index < -0.39 is 5.60 Å². The van der Waals surface area contributed by atoms with Crippen LogP contribution < -0.4 is 10.3 Å². The maximum absolute atomic E-state index is 12.9. The number of hydrogen-bond donors (Lipinski definition) is 1. The maximum atomic E-state index is 12.9. The van der Waals surface area contributed by atoms with Crippen LogP contribution in [-0.2, 0) is 26.3 Å². The number of pyridine rings is 1. The van der Waals surface area contributed by atoms with Crippen molar-refractivity contribution in [1.29, 1.82) is 5.26 Å². The Bertz CT molecular complexity index is 1780. The molecule has 0 fully saturated rings. The SMILES string of the molecule is Cn1cncc1C1(O)c2ccc(C#N)c(c2)OCc2cccc(c2)-c2cc(=O)n(C)c3ccc1cc23. The summed E-state index contributed by atoms with van der Waals surface area (Å²) in [4.78, 5) is 17.1. The van der Waals surface area contributed by atoms with E-state index in [4.69, 9.17) is 4.74 Å². The van der Waals surface area contributed by atoms with Gasteiger partial charge in [-0.2, -0.15) is 5.26 Å². The quantitative estimate of drug-likeness (QED) is 0.397. The average molecular weight is 475 g/mol. The molecular weight excluding hydrogens is 452 g/mol. The molecule has 1 atom stereocenters. The number of aryl methyl sites for hydroxylation is 2. The molecule has 0 radical (unpaired) electrons. The third-order valence-electron chi connectivity index (χ3n) is 7.00. The van der Waals surface area contributed by atoms with Gasteiger partial charge in [0.2, 0.25) is 0 Å². The molecule has 0 spiro atoms. The van der Waals surface area contributed by atoms with Gasteiger partial charge < -0.3 is 19.0 Å². The van der Waals surface area contributed by atoms with Crippen molar-refractivity contribution in [2.45, 2.75) is 12.2 Å². The molecule has 6 rings (SSSR count). The summed E-state index contributed by atoms with van der Waals surface area (Å²) < 4.78 is 9.49. The molecule has 0 saturated carbocycles. The van der Waals surface area contributed by atoms with Crippen molar-refractivity contribution in [1.82, 2.24) is 14.1 Å². The lowest BCUT2D eigenvalue weighted by Crippen LogP contribution is -2.31. The van der Waals surface area contributed by atoms with Crippen molar-refractivity contribution in [3.8, 4) is 22.9 Å². The number of rotatable bonds is 1. The fraction of sp³-hybridized carbons (Fsp3) is 0.138. The summed E-state index contributed by atoms with van der Waals surface area (Å²) in [7, 11) is 3.57. The zero-order valence-electron chi connectivity index (χ0n) is 19.8. The Labute approximate surface area is 207 Å². The summed E-state index contributed by atoms with van der Waals surface area (Å²) in [6, 6.07) is 22.4. The Balaban J connectivity index is 1.77. The van der Waals surface area contributed by atoms with Gasteiger partial charge in [0.15, 0.2) is 5.60 Å². The highest BCUT2D eigenvalue weighted by atomic mass is 16.5. The smallest absolute Gasteiger partial charge is 0.251 e. The van der Waals surface area contributed by atoms with E-state index in [1.165, 1.54) is 0 Å². The molecule has 5 aromatic rings. The van der Waals surface area contributed by atoms with Crippen LogP contribution in [0.1, 0.15) is 27.9 Å². The van der Waals surface area contributed by atoms with Crippen LogP contribution >= 0.6 is 0 Å². The standard InChI is InChI=1S/C29H22N4O3/c1-32-17-31-15-27(32)29(35)21-8-9-25-24(11-21)23(13-28(34)33(25)2)19-5-3-4-18(10-19)16-36-26-12-22(29)7-6-20(26)14-30/h3-13,15,17,35H,16H2,1-2H3. The van der Waals surface area contributed by atoms with Gasteiger partial charge >= 0.3 is 0 Å². The summed E-state index contributed by atoms with van der Waals surface area (Å²) in [5.41, 5.74) is 3.63. The van der Waals surface area contributed by atoms with Gasteiger partial charge in [0.25, 0.3) is 5.56 Å². The lowest BCUT2D eigenvalue weighted by atomic mass is 9.82. The molecular formula is C29H22N4O3. The first-order chi connectivity index (χ1) is 17.4. The van der Waals surface area contributed by atoms with E-state index in [9.17, 15) is 15.2 Å². The van der Waals surface area contributed by atoms with E-state index in [1.54, 1.807) is 53.0 Å². The lowest BCUT2D eigenvalue weighted by molar-refractivity contribution is 0.117. The number of aromatic nitrogens is 3. The molecule has 1 N–H and O–H groups in total. The van der Waals surface area contributed by atoms with Crippen molar-refractivity contribution >= 4 is 10.9 Å². The van der Waals surface area contributed by atoms with E-state index in [-0.39, 0.29) is 12.2 Å². The molecule has 0 aliphatic carbocycles. The normalized spacial score (nSPS) is 16.5. The number of imidazole rings is 1. The van der Waals surface area contributed by atoms with Crippen LogP contribution in [0.2, 0.25) is 0 Å². The molecule has 3 aromatic carbocycles. The number of nitrogens with zero attached hydrogens (tertiary/aromatic N) is 4. The number of nitriles is 1.